The molecule has 1 aliphatic carbocycles. The predicted octanol–water partition coefficient (Wildman–Crippen LogP) is 4.43. The minimum absolute atomic E-state index is 0.168. The maximum atomic E-state index is 13.5. The SMILES string of the molecule is CCNC(CC1CCC1)c1cccc(F)c1Br. The second-order valence-electron chi connectivity index (χ2n) is 4.79. The van der Waals surface area contributed by atoms with Crippen molar-refractivity contribution in [3.05, 3.63) is 34.1 Å². The standard InChI is InChI=1S/C14H19BrFN/c1-2-17-13(9-10-5-3-6-10)11-7-4-8-12(16)14(11)15/h4,7-8,10,13,17H,2-3,5-6,9H2,1H3. The molecule has 0 bridgehead atoms. The van der Waals surface area contributed by atoms with Crippen molar-refractivity contribution in [2.45, 2.75) is 38.6 Å². The molecule has 0 spiro atoms. The minimum Gasteiger partial charge on any atom is -0.310 e. The normalized spacial score (nSPS) is 17.8. The molecule has 0 aliphatic heterocycles. The lowest BCUT2D eigenvalue weighted by molar-refractivity contribution is 0.262. The van der Waals surface area contributed by atoms with Crippen LogP contribution in [0.1, 0.15) is 44.2 Å². The van der Waals surface area contributed by atoms with Gasteiger partial charge in [-0.15, -0.1) is 0 Å². The molecule has 0 aromatic heterocycles. The van der Waals surface area contributed by atoms with Crippen LogP contribution in [0.4, 0.5) is 4.39 Å². The highest BCUT2D eigenvalue weighted by Gasteiger charge is 2.24. The molecule has 1 nitrogen and oxygen atoms in total. The van der Waals surface area contributed by atoms with Gasteiger partial charge in [0.05, 0.1) is 4.47 Å². The first-order valence-corrected chi connectivity index (χ1v) is 7.19. The molecule has 1 aliphatic rings. The molecule has 2 rings (SSSR count). The summed E-state index contributed by atoms with van der Waals surface area (Å²) in [7, 11) is 0. The van der Waals surface area contributed by atoms with Crippen molar-refractivity contribution in [1.82, 2.24) is 5.32 Å². The van der Waals surface area contributed by atoms with Crippen LogP contribution in [0.15, 0.2) is 22.7 Å². The molecule has 1 aromatic rings. The Kier molecular flexibility index (Phi) is 4.57. The van der Waals surface area contributed by atoms with Gasteiger partial charge in [-0.1, -0.05) is 38.3 Å². The summed E-state index contributed by atoms with van der Waals surface area (Å²) in [6, 6.07) is 5.58. The number of hydrogen-bond donors (Lipinski definition) is 1. The highest BCUT2D eigenvalue weighted by atomic mass is 79.9. The summed E-state index contributed by atoms with van der Waals surface area (Å²) in [5.74, 6) is 0.647. The highest BCUT2D eigenvalue weighted by molar-refractivity contribution is 9.10. The van der Waals surface area contributed by atoms with Crippen LogP contribution in [0.25, 0.3) is 0 Å². The molecular formula is C14H19BrFN. The Bertz CT molecular complexity index is 376. The van der Waals surface area contributed by atoms with Crippen molar-refractivity contribution in [3.63, 3.8) is 0 Å². The molecule has 1 unspecified atom stereocenters. The fourth-order valence-corrected chi connectivity index (χ4v) is 2.96. The van der Waals surface area contributed by atoms with Gasteiger partial charge in [0.1, 0.15) is 5.82 Å². The number of rotatable bonds is 5. The lowest BCUT2D eigenvalue weighted by atomic mass is 9.79. The maximum absolute atomic E-state index is 13.5. The lowest BCUT2D eigenvalue weighted by Gasteiger charge is -2.30. The van der Waals surface area contributed by atoms with Crippen molar-refractivity contribution < 1.29 is 4.39 Å². The van der Waals surface area contributed by atoms with Crippen LogP contribution in [-0.4, -0.2) is 6.54 Å². The van der Waals surface area contributed by atoms with Crippen molar-refractivity contribution in [3.8, 4) is 0 Å². The minimum atomic E-state index is -0.168. The molecule has 1 saturated carbocycles. The summed E-state index contributed by atoms with van der Waals surface area (Å²) in [6.45, 7) is 3.02. The Balaban J connectivity index is 2.15. The van der Waals surface area contributed by atoms with Crippen LogP contribution in [-0.2, 0) is 0 Å². The van der Waals surface area contributed by atoms with Crippen LogP contribution in [0.3, 0.4) is 0 Å². The predicted molar refractivity (Wildman–Crippen MR) is 72.5 cm³/mol. The number of benzene rings is 1. The van der Waals surface area contributed by atoms with Gasteiger partial charge in [-0.2, -0.15) is 0 Å². The molecule has 1 fully saturated rings. The van der Waals surface area contributed by atoms with E-state index in [2.05, 4.69) is 28.2 Å². The van der Waals surface area contributed by atoms with Crippen LogP contribution < -0.4 is 5.32 Å². The third-order valence-corrected chi connectivity index (χ3v) is 4.44. The number of hydrogen-bond acceptors (Lipinski definition) is 1. The molecule has 0 heterocycles. The van der Waals surface area contributed by atoms with E-state index >= 15 is 0 Å². The number of halogens is 2. The molecule has 3 heteroatoms. The second-order valence-corrected chi connectivity index (χ2v) is 5.58. The van der Waals surface area contributed by atoms with Gasteiger partial charge in [0.25, 0.3) is 0 Å². The van der Waals surface area contributed by atoms with E-state index in [4.69, 9.17) is 0 Å². The first-order chi connectivity index (χ1) is 8.22. The number of nitrogens with one attached hydrogen (secondary N) is 1. The Labute approximate surface area is 111 Å². The average Bonchev–Trinajstić information content (AvgIpc) is 2.26. The smallest absolute Gasteiger partial charge is 0.137 e. The molecule has 1 N–H and O–H groups in total. The highest BCUT2D eigenvalue weighted by Crippen LogP contribution is 2.37. The molecule has 0 saturated heterocycles. The van der Waals surface area contributed by atoms with Crippen LogP contribution >= 0.6 is 15.9 Å². The fourth-order valence-electron chi connectivity index (χ4n) is 2.42. The Morgan fingerprint density at radius 3 is 2.82 bits per heavy atom. The van der Waals surface area contributed by atoms with Gasteiger partial charge in [0, 0.05) is 6.04 Å². The van der Waals surface area contributed by atoms with E-state index in [1.165, 1.54) is 25.3 Å². The van der Waals surface area contributed by atoms with E-state index < -0.39 is 0 Å². The topological polar surface area (TPSA) is 12.0 Å². The summed E-state index contributed by atoms with van der Waals surface area (Å²) < 4.78 is 14.2. The summed E-state index contributed by atoms with van der Waals surface area (Å²) in [4.78, 5) is 0. The largest absolute Gasteiger partial charge is 0.310 e. The zero-order valence-electron chi connectivity index (χ0n) is 10.2. The van der Waals surface area contributed by atoms with Gasteiger partial charge in [-0.25, -0.2) is 4.39 Å². The van der Waals surface area contributed by atoms with Crippen molar-refractivity contribution in [1.29, 1.82) is 0 Å². The van der Waals surface area contributed by atoms with Crippen LogP contribution in [0, 0.1) is 11.7 Å². The summed E-state index contributed by atoms with van der Waals surface area (Å²) in [6.07, 6.45) is 5.13. The summed E-state index contributed by atoms with van der Waals surface area (Å²) >= 11 is 3.37. The molecule has 17 heavy (non-hydrogen) atoms. The Morgan fingerprint density at radius 1 is 1.47 bits per heavy atom. The molecular weight excluding hydrogens is 281 g/mol. The van der Waals surface area contributed by atoms with Crippen LogP contribution in [0.2, 0.25) is 0 Å². The first-order valence-electron chi connectivity index (χ1n) is 6.39. The lowest BCUT2D eigenvalue weighted by Crippen LogP contribution is -2.26. The van der Waals surface area contributed by atoms with E-state index in [1.54, 1.807) is 6.07 Å². The van der Waals surface area contributed by atoms with Gasteiger partial charge in [0.2, 0.25) is 0 Å². The summed E-state index contributed by atoms with van der Waals surface area (Å²) in [5.41, 5.74) is 1.05. The first kappa shape index (κ1) is 13.0. The van der Waals surface area contributed by atoms with Crippen molar-refractivity contribution in [2.24, 2.45) is 5.92 Å². The van der Waals surface area contributed by atoms with Crippen molar-refractivity contribution in [2.75, 3.05) is 6.54 Å². The van der Waals surface area contributed by atoms with Gasteiger partial charge in [0.15, 0.2) is 0 Å². The Morgan fingerprint density at radius 2 is 2.24 bits per heavy atom. The zero-order valence-corrected chi connectivity index (χ0v) is 11.8. The van der Waals surface area contributed by atoms with E-state index in [0.29, 0.717) is 4.47 Å². The van der Waals surface area contributed by atoms with Gasteiger partial charge < -0.3 is 5.32 Å². The quantitative estimate of drug-likeness (QED) is 0.848. The molecule has 94 valence electrons. The van der Waals surface area contributed by atoms with Crippen molar-refractivity contribution >= 4 is 15.9 Å². The van der Waals surface area contributed by atoms with E-state index in [9.17, 15) is 4.39 Å². The molecule has 0 amide bonds. The monoisotopic (exact) mass is 299 g/mol. The third-order valence-electron chi connectivity index (χ3n) is 3.60. The van der Waals surface area contributed by atoms with Gasteiger partial charge >= 0.3 is 0 Å². The molecule has 1 atom stereocenters. The molecule has 1 aromatic carbocycles. The Hall–Kier alpha value is -0.410. The zero-order chi connectivity index (χ0) is 12.3. The maximum Gasteiger partial charge on any atom is 0.137 e. The van der Waals surface area contributed by atoms with Gasteiger partial charge in [-0.3, -0.25) is 0 Å². The fraction of sp³-hybridized carbons (Fsp3) is 0.571. The average molecular weight is 300 g/mol. The van der Waals surface area contributed by atoms with E-state index in [0.717, 1.165) is 24.4 Å². The summed E-state index contributed by atoms with van der Waals surface area (Å²) in [5, 5.41) is 3.47. The van der Waals surface area contributed by atoms with Crippen LogP contribution in [0.5, 0.6) is 0 Å². The third kappa shape index (κ3) is 3.08. The second kappa shape index (κ2) is 5.96. The van der Waals surface area contributed by atoms with E-state index in [-0.39, 0.29) is 11.9 Å². The van der Waals surface area contributed by atoms with E-state index in [1.807, 2.05) is 6.07 Å². The molecule has 0 radical (unpaired) electrons. The van der Waals surface area contributed by atoms with Gasteiger partial charge in [-0.05, 0) is 46.4 Å².